The van der Waals surface area contributed by atoms with Crippen LogP contribution in [-0.2, 0) is 0 Å². The lowest BCUT2D eigenvalue weighted by Gasteiger charge is -2.05. The van der Waals surface area contributed by atoms with E-state index in [4.69, 9.17) is 10.5 Å². The molecule has 2 aromatic rings. The lowest BCUT2D eigenvalue weighted by Crippen LogP contribution is -2.11. The van der Waals surface area contributed by atoms with E-state index in [0.717, 1.165) is 10.9 Å². The molecule has 0 atom stereocenters. The van der Waals surface area contributed by atoms with E-state index < -0.39 is 0 Å². The van der Waals surface area contributed by atoms with Gasteiger partial charge in [-0.1, -0.05) is 29.5 Å². The zero-order valence-electron chi connectivity index (χ0n) is 8.72. The maximum Gasteiger partial charge on any atom is 0.184 e. The molecule has 1 aromatic carbocycles. The van der Waals surface area contributed by atoms with Crippen molar-refractivity contribution in [2.24, 2.45) is 0 Å². The summed E-state index contributed by atoms with van der Waals surface area (Å²) in [5.41, 5.74) is 5.56. The summed E-state index contributed by atoms with van der Waals surface area (Å²) >= 11 is 1.43. The van der Waals surface area contributed by atoms with Crippen LogP contribution in [-0.4, -0.2) is 18.1 Å². The summed E-state index contributed by atoms with van der Waals surface area (Å²) in [5, 5.41) is 4.68. The number of nitrogens with one attached hydrogen (secondary N) is 1. The SMILES string of the molecule is Nc1cnc(NCCOc2ccccc2)s1. The topological polar surface area (TPSA) is 60.2 Å². The number of ether oxygens (including phenoxy) is 1. The fraction of sp³-hybridized carbons (Fsp3) is 0.182. The minimum absolute atomic E-state index is 0.601. The molecule has 5 heteroatoms. The fourth-order valence-electron chi connectivity index (χ4n) is 1.21. The zero-order valence-corrected chi connectivity index (χ0v) is 9.54. The number of aromatic nitrogens is 1. The van der Waals surface area contributed by atoms with Crippen molar-refractivity contribution >= 4 is 21.5 Å². The summed E-state index contributed by atoms with van der Waals surface area (Å²) in [6.45, 7) is 1.31. The molecule has 0 spiro atoms. The smallest absolute Gasteiger partial charge is 0.184 e. The van der Waals surface area contributed by atoms with Gasteiger partial charge in [-0.05, 0) is 12.1 Å². The number of nitrogens with zero attached hydrogens (tertiary/aromatic N) is 1. The fourth-order valence-corrected chi connectivity index (χ4v) is 1.82. The van der Waals surface area contributed by atoms with Gasteiger partial charge in [0.15, 0.2) is 5.13 Å². The van der Waals surface area contributed by atoms with Crippen molar-refractivity contribution in [3.8, 4) is 5.75 Å². The number of hydrogen-bond acceptors (Lipinski definition) is 5. The van der Waals surface area contributed by atoms with Gasteiger partial charge in [-0.25, -0.2) is 4.98 Å². The second-order valence-electron chi connectivity index (χ2n) is 3.16. The van der Waals surface area contributed by atoms with Crippen LogP contribution in [0.3, 0.4) is 0 Å². The van der Waals surface area contributed by atoms with Crippen molar-refractivity contribution in [3.63, 3.8) is 0 Å². The van der Waals surface area contributed by atoms with Gasteiger partial charge in [0.05, 0.1) is 12.7 Å². The lowest BCUT2D eigenvalue weighted by molar-refractivity contribution is 0.333. The number of nitrogen functional groups attached to an aromatic ring is 1. The molecule has 0 radical (unpaired) electrons. The van der Waals surface area contributed by atoms with E-state index in [0.29, 0.717) is 18.2 Å². The van der Waals surface area contributed by atoms with Crippen molar-refractivity contribution in [2.75, 3.05) is 24.2 Å². The maximum absolute atomic E-state index is 5.56. The predicted molar refractivity (Wildman–Crippen MR) is 67.0 cm³/mol. The van der Waals surface area contributed by atoms with Crippen LogP contribution in [0.15, 0.2) is 36.5 Å². The van der Waals surface area contributed by atoms with E-state index in [9.17, 15) is 0 Å². The number of hydrogen-bond donors (Lipinski definition) is 2. The Morgan fingerprint density at radius 1 is 1.31 bits per heavy atom. The molecule has 0 bridgehead atoms. The minimum Gasteiger partial charge on any atom is -0.492 e. The number of benzene rings is 1. The Hall–Kier alpha value is -1.75. The van der Waals surface area contributed by atoms with Gasteiger partial charge >= 0.3 is 0 Å². The Bertz CT molecular complexity index is 430. The highest BCUT2D eigenvalue weighted by molar-refractivity contribution is 7.19. The molecular weight excluding hydrogens is 222 g/mol. The molecule has 4 nitrogen and oxygen atoms in total. The second-order valence-corrected chi connectivity index (χ2v) is 4.22. The molecule has 0 unspecified atom stereocenters. The van der Waals surface area contributed by atoms with Gasteiger partial charge in [-0.15, -0.1) is 0 Å². The van der Waals surface area contributed by atoms with Gasteiger partial charge in [-0.3, -0.25) is 0 Å². The third-order valence-corrected chi connectivity index (χ3v) is 2.70. The van der Waals surface area contributed by atoms with E-state index in [-0.39, 0.29) is 0 Å². The van der Waals surface area contributed by atoms with E-state index in [1.54, 1.807) is 6.20 Å². The average molecular weight is 235 g/mol. The highest BCUT2D eigenvalue weighted by Gasteiger charge is 1.97. The Balaban J connectivity index is 1.69. The van der Waals surface area contributed by atoms with Crippen molar-refractivity contribution in [3.05, 3.63) is 36.5 Å². The van der Waals surface area contributed by atoms with Gasteiger partial charge in [0, 0.05) is 0 Å². The van der Waals surface area contributed by atoms with E-state index in [2.05, 4.69) is 10.3 Å². The van der Waals surface area contributed by atoms with Crippen molar-refractivity contribution in [2.45, 2.75) is 0 Å². The molecule has 0 saturated carbocycles. The molecule has 0 fully saturated rings. The largest absolute Gasteiger partial charge is 0.492 e. The van der Waals surface area contributed by atoms with Crippen molar-refractivity contribution in [1.82, 2.24) is 4.98 Å². The summed E-state index contributed by atoms with van der Waals surface area (Å²) in [6, 6.07) is 9.72. The molecule has 84 valence electrons. The summed E-state index contributed by atoms with van der Waals surface area (Å²) in [7, 11) is 0. The third-order valence-electron chi connectivity index (χ3n) is 1.91. The van der Waals surface area contributed by atoms with Gasteiger partial charge in [0.25, 0.3) is 0 Å². The Morgan fingerprint density at radius 2 is 2.12 bits per heavy atom. The highest BCUT2D eigenvalue weighted by Crippen LogP contribution is 2.18. The summed E-state index contributed by atoms with van der Waals surface area (Å²) < 4.78 is 5.52. The van der Waals surface area contributed by atoms with Crippen LogP contribution < -0.4 is 15.8 Å². The number of nitrogens with two attached hydrogens (primary N) is 1. The quantitative estimate of drug-likeness (QED) is 0.780. The first-order valence-electron chi connectivity index (χ1n) is 4.97. The first kappa shape index (κ1) is 10.8. The van der Waals surface area contributed by atoms with E-state index in [1.165, 1.54) is 11.3 Å². The minimum atomic E-state index is 0.601. The van der Waals surface area contributed by atoms with Crippen LogP contribution >= 0.6 is 11.3 Å². The van der Waals surface area contributed by atoms with Crippen LogP contribution in [0.4, 0.5) is 10.1 Å². The maximum atomic E-state index is 5.56. The standard InChI is InChI=1S/C11H13N3OS/c12-10-8-14-11(16-10)13-6-7-15-9-4-2-1-3-5-9/h1-5,8H,6-7,12H2,(H,13,14). The van der Waals surface area contributed by atoms with Crippen LogP contribution in [0.1, 0.15) is 0 Å². The molecular formula is C11H13N3OS. The summed E-state index contributed by atoms with van der Waals surface area (Å²) in [5.74, 6) is 0.878. The van der Waals surface area contributed by atoms with Crippen LogP contribution in [0.2, 0.25) is 0 Å². The Morgan fingerprint density at radius 3 is 2.81 bits per heavy atom. The molecule has 2 rings (SSSR count). The number of rotatable bonds is 5. The summed E-state index contributed by atoms with van der Waals surface area (Å²) in [6.07, 6.45) is 1.64. The number of anilines is 2. The molecule has 0 amide bonds. The number of para-hydroxylation sites is 1. The molecule has 1 aromatic heterocycles. The van der Waals surface area contributed by atoms with Crippen LogP contribution in [0.5, 0.6) is 5.75 Å². The predicted octanol–water partition coefficient (Wildman–Crippen LogP) is 2.22. The Kier molecular flexibility index (Phi) is 3.61. The summed E-state index contributed by atoms with van der Waals surface area (Å²) in [4.78, 5) is 4.09. The molecule has 3 N–H and O–H groups in total. The van der Waals surface area contributed by atoms with Crippen molar-refractivity contribution < 1.29 is 4.74 Å². The molecule has 16 heavy (non-hydrogen) atoms. The first-order valence-corrected chi connectivity index (χ1v) is 5.79. The molecule has 1 heterocycles. The molecule has 0 aliphatic rings. The third kappa shape index (κ3) is 3.13. The monoisotopic (exact) mass is 235 g/mol. The normalized spacial score (nSPS) is 10.0. The van der Waals surface area contributed by atoms with E-state index >= 15 is 0 Å². The second kappa shape index (κ2) is 5.37. The molecule has 0 saturated heterocycles. The Labute approximate surface area is 98.1 Å². The van der Waals surface area contributed by atoms with Crippen LogP contribution in [0.25, 0.3) is 0 Å². The van der Waals surface area contributed by atoms with Gasteiger partial charge in [0.2, 0.25) is 0 Å². The number of thiazole rings is 1. The molecule has 0 aliphatic heterocycles. The first-order chi connectivity index (χ1) is 7.84. The zero-order chi connectivity index (χ0) is 11.2. The van der Waals surface area contributed by atoms with Gasteiger partial charge in [0.1, 0.15) is 17.4 Å². The average Bonchev–Trinajstić information content (AvgIpc) is 2.72. The molecule has 0 aliphatic carbocycles. The van der Waals surface area contributed by atoms with E-state index in [1.807, 2.05) is 30.3 Å². The van der Waals surface area contributed by atoms with Crippen LogP contribution in [0, 0.1) is 0 Å². The van der Waals surface area contributed by atoms with Crippen molar-refractivity contribution in [1.29, 1.82) is 0 Å². The van der Waals surface area contributed by atoms with Gasteiger partial charge in [-0.2, -0.15) is 0 Å². The highest BCUT2D eigenvalue weighted by atomic mass is 32.1. The lowest BCUT2D eigenvalue weighted by atomic mass is 10.3. The van der Waals surface area contributed by atoms with Gasteiger partial charge < -0.3 is 15.8 Å².